The van der Waals surface area contributed by atoms with Gasteiger partial charge in [-0.1, -0.05) is 18.9 Å². The topological polar surface area (TPSA) is 50.9 Å². The van der Waals surface area contributed by atoms with Crippen molar-refractivity contribution in [3.05, 3.63) is 28.5 Å². The summed E-state index contributed by atoms with van der Waals surface area (Å²) in [4.78, 5) is 4.21. The minimum atomic E-state index is 0. The molecule has 0 radical (unpaired) electrons. The van der Waals surface area contributed by atoms with E-state index in [0.29, 0.717) is 12.1 Å². The molecule has 3 N–H and O–H groups in total. The molecule has 1 fully saturated rings. The maximum atomic E-state index is 6.08. The van der Waals surface area contributed by atoms with Crippen molar-refractivity contribution in [3.63, 3.8) is 0 Å². The third kappa shape index (κ3) is 4.54. The average Bonchev–Trinajstić information content (AvgIpc) is 2.30. The van der Waals surface area contributed by atoms with Crippen LogP contribution in [-0.4, -0.2) is 17.1 Å². The van der Waals surface area contributed by atoms with Gasteiger partial charge in [-0.3, -0.25) is 0 Å². The molecular weight excluding hydrogens is 302 g/mol. The Morgan fingerprint density at radius 2 is 2.12 bits per heavy atom. The Morgan fingerprint density at radius 3 is 2.76 bits per heavy atom. The van der Waals surface area contributed by atoms with Crippen LogP contribution in [0.5, 0.6) is 0 Å². The summed E-state index contributed by atoms with van der Waals surface area (Å²) in [5, 5.41) is 3.53. The van der Waals surface area contributed by atoms with Gasteiger partial charge in [-0.05, 0) is 40.4 Å². The summed E-state index contributed by atoms with van der Waals surface area (Å²) in [6.07, 6.45) is 6.82. The highest BCUT2D eigenvalue weighted by Crippen LogP contribution is 2.17. The number of nitrogens with one attached hydrogen (secondary N) is 1. The molecule has 1 saturated carbocycles. The van der Waals surface area contributed by atoms with Crippen LogP contribution in [0.4, 0.5) is 0 Å². The molecule has 0 bridgehead atoms. The first kappa shape index (κ1) is 14.9. The Morgan fingerprint density at radius 1 is 1.35 bits per heavy atom. The maximum absolute atomic E-state index is 6.08. The predicted molar refractivity (Wildman–Crippen MR) is 76.3 cm³/mol. The van der Waals surface area contributed by atoms with Gasteiger partial charge in [0.2, 0.25) is 0 Å². The number of aromatic nitrogens is 1. The lowest BCUT2D eigenvalue weighted by Gasteiger charge is -2.29. The minimum absolute atomic E-state index is 0. The fraction of sp³-hybridized carbons (Fsp3) is 0.583. The third-order valence-corrected chi connectivity index (χ3v) is 3.65. The van der Waals surface area contributed by atoms with Gasteiger partial charge in [0.25, 0.3) is 0 Å². The standard InChI is InChI=1S/C12H18BrN3.ClH/c13-12-6-5-9(8-16-12)7-15-11-4-2-1-3-10(11)14;/h5-6,8,10-11,15H,1-4,7,14H2;1H. The van der Waals surface area contributed by atoms with Gasteiger partial charge in [-0.15, -0.1) is 12.4 Å². The number of nitrogens with zero attached hydrogens (tertiary/aromatic N) is 1. The maximum Gasteiger partial charge on any atom is 0.106 e. The lowest BCUT2D eigenvalue weighted by atomic mass is 9.91. The summed E-state index contributed by atoms with van der Waals surface area (Å²) in [6.45, 7) is 0.860. The molecule has 1 heterocycles. The van der Waals surface area contributed by atoms with Gasteiger partial charge in [0.15, 0.2) is 0 Å². The van der Waals surface area contributed by atoms with Gasteiger partial charge in [0.05, 0.1) is 0 Å². The lowest BCUT2D eigenvalue weighted by molar-refractivity contribution is 0.326. The van der Waals surface area contributed by atoms with Gasteiger partial charge in [0, 0.05) is 24.8 Å². The number of pyridine rings is 1. The Hall–Kier alpha value is -0.160. The van der Waals surface area contributed by atoms with E-state index in [4.69, 9.17) is 5.73 Å². The molecule has 1 aliphatic carbocycles. The molecule has 0 spiro atoms. The molecule has 0 saturated heterocycles. The molecule has 5 heteroatoms. The van der Waals surface area contributed by atoms with Gasteiger partial charge in [-0.2, -0.15) is 0 Å². The zero-order valence-corrected chi connectivity index (χ0v) is 12.1. The second kappa shape index (κ2) is 7.31. The van der Waals surface area contributed by atoms with E-state index < -0.39 is 0 Å². The zero-order chi connectivity index (χ0) is 11.4. The Kier molecular flexibility index (Phi) is 6.41. The third-order valence-electron chi connectivity index (χ3n) is 3.18. The summed E-state index contributed by atoms with van der Waals surface area (Å²) in [5.41, 5.74) is 7.29. The van der Waals surface area contributed by atoms with Crippen molar-refractivity contribution in [1.29, 1.82) is 0 Å². The van der Waals surface area contributed by atoms with E-state index in [1.807, 2.05) is 12.3 Å². The van der Waals surface area contributed by atoms with Crippen molar-refractivity contribution >= 4 is 28.3 Å². The molecule has 3 nitrogen and oxygen atoms in total. The van der Waals surface area contributed by atoms with Crippen LogP contribution in [-0.2, 0) is 6.54 Å². The van der Waals surface area contributed by atoms with Gasteiger partial charge in [-0.25, -0.2) is 4.98 Å². The first-order chi connectivity index (χ1) is 7.75. The van der Waals surface area contributed by atoms with Crippen LogP contribution in [0.25, 0.3) is 0 Å². The van der Waals surface area contributed by atoms with Crippen molar-refractivity contribution in [2.75, 3.05) is 0 Å². The summed E-state index contributed by atoms with van der Waals surface area (Å²) < 4.78 is 0.880. The number of halogens is 2. The van der Waals surface area contributed by atoms with Crippen LogP contribution in [0.1, 0.15) is 31.2 Å². The van der Waals surface area contributed by atoms with Crippen LogP contribution in [0.3, 0.4) is 0 Å². The van der Waals surface area contributed by atoms with Crippen LogP contribution in [0, 0.1) is 0 Å². The van der Waals surface area contributed by atoms with Crippen molar-refractivity contribution in [1.82, 2.24) is 10.3 Å². The second-order valence-electron chi connectivity index (χ2n) is 4.42. The molecule has 2 atom stereocenters. The highest BCUT2D eigenvalue weighted by atomic mass is 79.9. The van der Waals surface area contributed by atoms with E-state index in [1.165, 1.54) is 24.8 Å². The van der Waals surface area contributed by atoms with E-state index >= 15 is 0 Å². The summed E-state index contributed by atoms with van der Waals surface area (Å²) in [6, 6.07) is 4.84. The Bertz CT molecular complexity index is 331. The first-order valence-electron chi connectivity index (χ1n) is 5.85. The first-order valence-corrected chi connectivity index (χ1v) is 6.64. The van der Waals surface area contributed by atoms with Crippen LogP contribution in [0.15, 0.2) is 22.9 Å². The Labute approximate surface area is 117 Å². The summed E-state index contributed by atoms with van der Waals surface area (Å²) in [5.74, 6) is 0. The van der Waals surface area contributed by atoms with Crippen molar-refractivity contribution in [2.24, 2.45) is 5.73 Å². The van der Waals surface area contributed by atoms with E-state index in [-0.39, 0.29) is 12.4 Å². The van der Waals surface area contributed by atoms with E-state index in [2.05, 4.69) is 32.3 Å². The monoisotopic (exact) mass is 319 g/mol. The second-order valence-corrected chi connectivity index (χ2v) is 5.24. The molecule has 0 aliphatic heterocycles. The largest absolute Gasteiger partial charge is 0.326 e. The van der Waals surface area contributed by atoms with Gasteiger partial charge in [0.1, 0.15) is 4.60 Å². The molecule has 0 aromatic carbocycles. The van der Waals surface area contributed by atoms with Crippen molar-refractivity contribution in [3.8, 4) is 0 Å². The molecule has 1 aliphatic rings. The molecule has 1 aromatic rings. The fourth-order valence-corrected chi connectivity index (χ4v) is 2.41. The highest BCUT2D eigenvalue weighted by Gasteiger charge is 2.20. The molecule has 17 heavy (non-hydrogen) atoms. The molecule has 2 unspecified atom stereocenters. The summed E-state index contributed by atoms with van der Waals surface area (Å²) in [7, 11) is 0. The number of hydrogen-bond acceptors (Lipinski definition) is 3. The van der Waals surface area contributed by atoms with E-state index in [9.17, 15) is 0 Å². The zero-order valence-electron chi connectivity index (χ0n) is 9.73. The van der Waals surface area contributed by atoms with Gasteiger partial charge < -0.3 is 11.1 Å². The van der Waals surface area contributed by atoms with Crippen molar-refractivity contribution in [2.45, 2.75) is 44.3 Å². The van der Waals surface area contributed by atoms with Crippen LogP contribution < -0.4 is 11.1 Å². The Balaban J connectivity index is 0.00000144. The molecule has 2 rings (SSSR count). The molecule has 96 valence electrons. The molecule has 0 amide bonds. The van der Waals surface area contributed by atoms with Gasteiger partial charge >= 0.3 is 0 Å². The summed E-state index contributed by atoms with van der Waals surface area (Å²) >= 11 is 3.33. The number of hydrogen-bond donors (Lipinski definition) is 2. The number of rotatable bonds is 3. The molecular formula is C12H19BrClN3. The minimum Gasteiger partial charge on any atom is -0.326 e. The van der Waals surface area contributed by atoms with E-state index in [1.54, 1.807) is 0 Å². The van der Waals surface area contributed by atoms with Crippen LogP contribution in [0.2, 0.25) is 0 Å². The van der Waals surface area contributed by atoms with Crippen LogP contribution >= 0.6 is 28.3 Å². The van der Waals surface area contributed by atoms with Crippen molar-refractivity contribution < 1.29 is 0 Å². The lowest BCUT2D eigenvalue weighted by Crippen LogP contribution is -2.46. The van der Waals surface area contributed by atoms with E-state index in [0.717, 1.165) is 17.6 Å². The average molecular weight is 321 g/mol. The fourth-order valence-electron chi connectivity index (χ4n) is 2.17. The smallest absolute Gasteiger partial charge is 0.106 e. The number of nitrogens with two attached hydrogens (primary N) is 1. The normalized spacial score (nSPS) is 24.1. The highest BCUT2D eigenvalue weighted by molar-refractivity contribution is 9.10. The molecule has 1 aromatic heterocycles. The SMILES string of the molecule is Cl.NC1CCCCC1NCc1ccc(Br)nc1. The quantitative estimate of drug-likeness (QED) is 0.842. The predicted octanol–water partition coefficient (Wildman–Crippen LogP) is 2.63.